The van der Waals surface area contributed by atoms with Gasteiger partial charge in [-0.2, -0.15) is 0 Å². The summed E-state index contributed by atoms with van der Waals surface area (Å²) in [7, 11) is 0. The van der Waals surface area contributed by atoms with Crippen LogP contribution in [-0.4, -0.2) is 45.9 Å². The van der Waals surface area contributed by atoms with Crippen molar-refractivity contribution in [2.75, 3.05) is 13.2 Å². The standard InChI is InChI=1S/C11H19NO5/c1-11(17,6-13)5-12-9(14)7-2-3-8(4-7)10(15)16/h7-8,13,17H,2-6H2,1H3,(H,12,14)(H,15,16)/t7-,8+,11?/m1/s1. The molecule has 0 aromatic rings. The van der Waals surface area contributed by atoms with Crippen LogP contribution >= 0.6 is 0 Å². The summed E-state index contributed by atoms with van der Waals surface area (Å²) in [5, 5.41) is 29.6. The summed E-state index contributed by atoms with van der Waals surface area (Å²) in [6.07, 6.45) is 1.43. The van der Waals surface area contributed by atoms with Gasteiger partial charge < -0.3 is 20.6 Å². The van der Waals surface area contributed by atoms with E-state index in [1.54, 1.807) is 0 Å². The molecule has 1 unspecified atom stereocenters. The quantitative estimate of drug-likeness (QED) is 0.515. The smallest absolute Gasteiger partial charge is 0.306 e. The maximum Gasteiger partial charge on any atom is 0.306 e. The average Bonchev–Trinajstić information content (AvgIpc) is 2.75. The van der Waals surface area contributed by atoms with Gasteiger partial charge in [0.1, 0.15) is 5.60 Å². The first-order valence-electron chi connectivity index (χ1n) is 5.69. The fourth-order valence-corrected chi connectivity index (χ4v) is 1.92. The lowest BCUT2D eigenvalue weighted by atomic mass is 10.0. The molecule has 0 aromatic carbocycles. The Morgan fingerprint density at radius 2 is 1.94 bits per heavy atom. The number of carboxylic acid groups (broad SMARTS) is 1. The van der Waals surface area contributed by atoms with Gasteiger partial charge in [-0.1, -0.05) is 0 Å². The van der Waals surface area contributed by atoms with E-state index in [9.17, 15) is 14.7 Å². The molecule has 6 nitrogen and oxygen atoms in total. The molecule has 0 aromatic heterocycles. The number of hydrogen-bond donors (Lipinski definition) is 4. The molecule has 0 radical (unpaired) electrons. The van der Waals surface area contributed by atoms with Crippen molar-refractivity contribution in [1.29, 1.82) is 0 Å². The third kappa shape index (κ3) is 3.98. The predicted molar refractivity (Wildman–Crippen MR) is 59.2 cm³/mol. The van der Waals surface area contributed by atoms with Crippen LogP contribution in [0, 0.1) is 11.8 Å². The average molecular weight is 245 g/mol. The second-order valence-corrected chi connectivity index (χ2v) is 4.92. The number of carbonyl (C=O) groups is 2. The zero-order valence-corrected chi connectivity index (χ0v) is 9.85. The Morgan fingerprint density at radius 1 is 1.35 bits per heavy atom. The van der Waals surface area contributed by atoms with Gasteiger partial charge in [0, 0.05) is 12.5 Å². The van der Waals surface area contributed by atoms with Crippen molar-refractivity contribution in [2.24, 2.45) is 11.8 Å². The molecule has 0 bridgehead atoms. The third-order valence-electron chi connectivity index (χ3n) is 3.14. The number of amides is 1. The molecule has 1 saturated carbocycles. The van der Waals surface area contributed by atoms with Gasteiger partial charge in [0.05, 0.1) is 12.5 Å². The second kappa shape index (κ2) is 5.46. The molecule has 0 aliphatic heterocycles. The van der Waals surface area contributed by atoms with E-state index in [0.29, 0.717) is 19.3 Å². The lowest BCUT2D eigenvalue weighted by Gasteiger charge is -2.21. The van der Waals surface area contributed by atoms with Crippen LogP contribution in [0.4, 0.5) is 0 Å². The fraction of sp³-hybridized carbons (Fsp3) is 0.818. The zero-order valence-electron chi connectivity index (χ0n) is 9.85. The van der Waals surface area contributed by atoms with Crippen LogP contribution in [0.15, 0.2) is 0 Å². The second-order valence-electron chi connectivity index (χ2n) is 4.92. The summed E-state index contributed by atoms with van der Waals surface area (Å²) < 4.78 is 0. The number of hydrogen-bond acceptors (Lipinski definition) is 4. The van der Waals surface area contributed by atoms with Crippen LogP contribution in [0.25, 0.3) is 0 Å². The van der Waals surface area contributed by atoms with Gasteiger partial charge in [0.25, 0.3) is 0 Å². The molecule has 1 aliphatic rings. The van der Waals surface area contributed by atoms with Gasteiger partial charge in [-0.05, 0) is 26.2 Å². The van der Waals surface area contributed by atoms with Crippen LogP contribution in [-0.2, 0) is 9.59 Å². The molecular weight excluding hydrogens is 226 g/mol. The van der Waals surface area contributed by atoms with Gasteiger partial charge in [0.15, 0.2) is 0 Å². The Bertz CT molecular complexity index is 302. The molecular formula is C11H19NO5. The monoisotopic (exact) mass is 245 g/mol. The summed E-state index contributed by atoms with van der Waals surface area (Å²) in [6.45, 7) is 0.953. The molecule has 6 heteroatoms. The zero-order chi connectivity index (χ0) is 13.1. The van der Waals surface area contributed by atoms with E-state index in [0.717, 1.165) is 0 Å². The van der Waals surface area contributed by atoms with E-state index < -0.39 is 24.1 Å². The van der Waals surface area contributed by atoms with E-state index in [4.69, 9.17) is 10.2 Å². The summed E-state index contributed by atoms with van der Waals surface area (Å²) in [4.78, 5) is 22.4. The highest BCUT2D eigenvalue weighted by molar-refractivity contribution is 5.80. The van der Waals surface area contributed by atoms with Crippen LogP contribution in [0.5, 0.6) is 0 Å². The highest BCUT2D eigenvalue weighted by atomic mass is 16.4. The topological polar surface area (TPSA) is 107 Å². The van der Waals surface area contributed by atoms with Gasteiger partial charge in [0.2, 0.25) is 5.91 Å². The van der Waals surface area contributed by atoms with Crippen molar-refractivity contribution in [3.63, 3.8) is 0 Å². The van der Waals surface area contributed by atoms with Crippen molar-refractivity contribution in [1.82, 2.24) is 5.32 Å². The molecule has 0 heterocycles. The van der Waals surface area contributed by atoms with Gasteiger partial charge in [-0.15, -0.1) is 0 Å². The first kappa shape index (κ1) is 13.9. The molecule has 98 valence electrons. The number of aliphatic hydroxyl groups excluding tert-OH is 1. The molecule has 3 atom stereocenters. The Morgan fingerprint density at radius 3 is 2.41 bits per heavy atom. The molecule has 17 heavy (non-hydrogen) atoms. The lowest BCUT2D eigenvalue weighted by molar-refractivity contribution is -0.141. The van der Waals surface area contributed by atoms with E-state index in [1.165, 1.54) is 6.92 Å². The van der Waals surface area contributed by atoms with Crippen molar-refractivity contribution < 1.29 is 24.9 Å². The molecule has 1 amide bonds. The summed E-state index contributed by atoms with van der Waals surface area (Å²) >= 11 is 0. The van der Waals surface area contributed by atoms with Gasteiger partial charge >= 0.3 is 5.97 Å². The van der Waals surface area contributed by atoms with E-state index >= 15 is 0 Å². The molecule has 0 saturated heterocycles. The fourth-order valence-electron chi connectivity index (χ4n) is 1.92. The Kier molecular flexibility index (Phi) is 4.47. The number of carboxylic acids is 1. The molecule has 1 rings (SSSR count). The van der Waals surface area contributed by atoms with E-state index in [1.807, 2.05) is 0 Å². The molecule has 1 aliphatic carbocycles. The van der Waals surface area contributed by atoms with Crippen molar-refractivity contribution in [3.05, 3.63) is 0 Å². The van der Waals surface area contributed by atoms with Crippen LogP contribution in [0.2, 0.25) is 0 Å². The first-order chi connectivity index (χ1) is 7.85. The number of nitrogens with one attached hydrogen (secondary N) is 1. The van der Waals surface area contributed by atoms with Crippen molar-refractivity contribution in [2.45, 2.75) is 31.8 Å². The third-order valence-corrected chi connectivity index (χ3v) is 3.14. The van der Waals surface area contributed by atoms with E-state index in [2.05, 4.69) is 5.32 Å². The molecule has 1 fully saturated rings. The SMILES string of the molecule is CC(O)(CO)CNC(=O)[C@@H]1CC[C@H](C(=O)O)C1. The maximum atomic E-state index is 11.7. The van der Waals surface area contributed by atoms with Gasteiger partial charge in [-0.25, -0.2) is 0 Å². The largest absolute Gasteiger partial charge is 0.481 e. The predicted octanol–water partition coefficient (Wildman–Crippen LogP) is -0.653. The Balaban J connectivity index is 2.37. The molecule has 0 spiro atoms. The van der Waals surface area contributed by atoms with Crippen LogP contribution in [0.3, 0.4) is 0 Å². The minimum atomic E-state index is -1.33. The van der Waals surface area contributed by atoms with Crippen LogP contribution in [0.1, 0.15) is 26.2 Å². The number of rotatable bonds is 5. The Hall–Kier alpha value is -1.14. The van der Waals surface area contributed by atoms with E-state index in [-0.39, 0.29) is 18.4 Å². The number of aliphatic carboxylic acids is 1. The maximum absolute atomic E-state index is 11.7. The van der Waals surface area contributed by atoms with Crippen molar-refractivity contribution >= 4 is 11.9 Å². The minimum absolute atomic E-state index is 0.0312. The first-order valence-corrected chi connectivity index (χ1v) is 5.69. The van der Waals surface area contributed by atoms with Gasteiger partial charge in [-0.3, -0.25) is 9.59 Å². The highest BCUT2D eigenvalue weighted by Gasteiger charge is 2.34. The Labute approximate surface area is 99.6 Å². The lowest BCUT2D eigenvalue weighted by Crippen LogP contribution is -2.44. The number of aliphatic hydroxyl groups is 2. The van der Waals surface area contributed by atoms with Crippen molar-refractivity contribution in [3.8, 4) is 0 Å². The summed E-state index contributed by atoms with van der Waals surface area (Å²) in [5.41, 5.74) is -1.33. The number of carbonyl (C=O) groups excluding carboxylic acids is 1. The van der Waals surface area contributed by atoms with Crippen LogP contribution < -0.4 is 5.32 Å². The molecule has 4 N–H and O–H groups in total. The summed E-state index contributed by atoms with van der Waals surface area (Å²) in [5.74, 6) is -1.85. The normalized spacial score (nSPS) is 27.5. The summed E-state index contributed by atoms with van der Waals surface area (Å²) in [6, 6.07) is 0. The highest BCUT2D eigenvalue weighted by Crippen LogP contribution is 2.31. The minimum Gasteiger partial charge on any atom is -0.481 e.